The van der Waals surface area contributed by atoms with Gasteiger partial charge < -0.3 is 10.5 Å². The van der Waals surface area contributed by atoms with Gasteiger partial charge in [0, 0.05) is 0 Å². The third-order valence-electron chi connectivity index (χ3n) is 1.77. The van der Waals surface area contributed by atoms with Crippen molar-refractivity contribution in [3.63, 3.8) is 0 Å². The molecule has 0 radical (unpaired) electrons. The number of amides is 1. The zero-order chi connectivity index (χ0) is 11.6. The van der Waals surface area contributed by atoms with Crippen molar-refractivity contribution < 1.29 is 22.7 Å². The minimum Gasteiger partial charge on any atom is -0.442 e. The van der Waals surface area contributed by atoms with Gasteiger partial charge in [0.25, 0.3) is 0 Å². The monoisotopic (exact) mass is 219 g/mol. The molecule has 0 aromatic heterocycles. The molecule has 82 valence electrons. The van der Waals surface area contributed by atoms with Crippen LogP contribution in [0.4, 0.5) is 18.0 Å². The Morgan fingerprint density at radius 3 is 2.20 bits per heavy atom. The standard InChI is InChI=1S/C9H8F3NO2/c1-4(15-9(13)14)5-2-6(10)8(12)7(11)3-5/h2-4H,1H3,(H2,13,14). The summed E-state index contributed by atoms with van der Waals surface area (Å²) in [4.78, 5) is 10.4. The van der Waals surface area contributed by atoms with Crippen LogP contribution in [0.5, 0.6) is 0 Å². The van der Waals surface area contributed by atoms with E-state index in [0.29, 0.717) is 0 Å². The lowest BCUT2D eigenvalue weighted by Gasteiger charge is -2.11. The molecule has 0 aliphatic rings. The van der Waals surface area contributed by atoms with Gasteiger partial charge in [-0.05, 0) is 24.6 Å². The van der Waals surface area contributed by atoms with Crippen LogP contribution < -0.4 is 5.73 Å². The lowest BCUT2D eigenvalue weighted by molar-refractivity contribution is 0.116. The van der Waals surface area contributed by atoms with Gasteiger partial charge in [0.05, 0.1) is 0 Å². The molecule has 1 atom stereocenters. The first-order valence-corrected chi connectivity index (χ1v) is 4.02. The van der Waals surface area contributed by atoms with E-state index in [1.165, 1.54) is 6.92 Å². The summed E-state index contributed by atoms with van der Waals surface area (Å²) >= 11 is 0. The molecule has 1 unspecified atom stereocenters. The fraction of sp³-hybridized carbons (Fsp3) is 0.222. The van der Waals surface area contributed by atoms with Crippen molar-refractivity contribution in [2.75, 3.05) is 0 Å². The van der Waals surface area contributed by atoms with Gasteiger partial charge in [-0.15, -0.1) is 0 Å². The molecule has 6 heteroatoms. The van der Waals surface area contributed by atoms with Gasteiger partial charge in [-0.1, -0.05) is 0 Å². The number of benzene rings is 1. The van der Waals surface area contributed by atoms with E-state index in [1.807, 2.05) is 0 Å². The van der Waals surface area contributed by atoms with Crippen LogP contribution in [0.1, 0.15) is 18.6 Å². The Morgan fingerprint density at radius 2 is 1.80 bits per heavy atom. The van der Waals surface area contributed by atoms with Crippen molar-refractivity contribution in [2.45, 2.75) is 13.0 Å². The number of carbonyl (C=O) groups is 1. The van der Waals surface area contributed by atoms with Crippen molar-refractivity contribution in [3.8, 4) is 0 Å². The van der Waals surface area contributed by atoms with Gasteiger partial charge in [-0.2, -0.15) is 0 Å². The lowest BCUT2D eigenvalue weighted by atomic mass is 10.1. The summed E-state index contributed by atoms with van der Waals surface area (Å²) < 4.78 is 42.5. The number of primary amides is 1. The highest BCUT2D eigenvalue weighted by atomic mass is 19.2. The van der Waals surface area contributed by atoms with Crippen LogP contribution in [0, 0.1) is 17.5 Å². The molecule has 0 heterocycles. The average Bonchev–Trinajstić information content (AvgIpc) is 2.12. The largest absolute Gasteiger partial charge is 0.442 e. The number of carbonyl (C=O) groups excluding carboxylic acids is 1. The Bertz CT molecular complexity index is 372. The number of hydrogen-bond donors (Lipinski definition) is 1. The maximum Gasteiger partial charge on any atom is 0.405 e. The molecule has 1 rings (SSSR count). The van der Waals surface area contributed by atoms with Gasteiger partial charge in [0.2, 0.25) is 0 Å². The zero-order valence-electron chi connectivity index (χ0n) is 7.76. The van der Waals surface area contributed by atoms with Gasteiger partial charge in [-0.3, -0.25) is 0 Å². The molecular formula is C9H8F3NO2. The van der Waals surface area contributed by atoms with Gasteiger partial charge in [0.15, 0.2) is 17.5 Å². The van der Waals surface area contributed by atoms with Crippen LogP contribution in [0.2, 0.25) is 0 Å². The Labute approximate surface area is 83.6 Å². The number of ether oxygens (including phenoxy) is 1. The highest BCUT2D eigenvalue weighted by molar-refractivity contribution is 5.65. The van der Waals surface area contributed by atoms with E-state index >= 15 is 0 Å². The van der Waals surface area contributed by atoms with E-state index in [0.717, 1.165) is 12.1 Å². The summed E-state index contributed by atoms with van der Waals surface area (Å²) in [6, 6.07) is 1.48. The number of nitrogens with two attached hydrogens (primary N) is 1. The topological polar surface area (TPSA) is 52.3 Å². The van der Waals surface area contributed by atoms with Gasteiger partial charge >= 0.3 is 6.09 Å². The van der Waals surface area contributed by atoms with E-state index in [2.05, 4.69) is 4.74 Å². The Hall–Kier alpha value is -1.72. The molecule has 2 N–H and O–H groups in total. The Morgan fingerprint density at radius 1 is 1.33 bits per heavy atom. The van der Waals surface area contributed by atoms with Crippen LogP contribution in [0.25, 0.3) is 0 Å². The minimum atomic E-state index is -1.56. The number of rotatable bonds is 2. The Kier molecular flexibility index (Phi) is 3.18. The van der Waals surface area contributed by atoms with Crippen molar-refractivity contribution in [1.29, 1.82) is 0 Å². The maximum atomic E-state index is 12.8. The molecule has 0 spiro atoms. The van der Waals surface area contributed by atoms with Crippen molar-refractivity contribution in [3.05, 3.63) is 35.1 Å². The van der Waals surface area contributed by atoms with E-state index in [-0.39, 0.29) is 5.56 Å². The SMILES string of the molecule is CC(OC(N)=O)c1cc(F)c(F)c(F)c1. The summed E-state index contributed by atoms with van der Waals surface area (Å²) in [5.41, 5.74) is 4.70. The third-order valence-corrected chi connectivity index (χ3v) is 1.77. The summed E-state index contributed by atoms with van der Waals surface area (Å²) in [6.07, 6.45) is -2.01. The van der Waals surface area contributed by atoms with E-state index in [1.54, 1.807) is 0 Å². The van der Waals surface area contributed by atoms with Crippen LogP contribution in [-0.2, 0) is 4.74 Å². The Balaban J connectivity index is 3.00. The van der Waals surface area contributed by atoms with Crippen LogP contribution in [0.15, 0.2) is 12.1 Å². The maximum absolute atomic E-state index is 12.8. The fourth-order valence-corrected chi connectivity index (χ4v) is 1.05. The van der Waals surface area contributed by atoms with Crippen LogP contribution in [0.3, 0.4) is 0 Å². The smallest absolute Gasteiger partial charge is 0.405 e. The van der Waals surface area contributed by atoms with Gasteiger partial charge in [-0.25, -0.2) is 18.0 Å². The summed E-state index contributed by atoms with van der Waals surface area (Å²) in [5.74, 6) is -4.25. The molecule has 0 aliphatic carbocycles. The van der Waals surface area contributed by atoms with Crippen LogP contribution >= 0.6 is 0 Å². The predicted molar refractivity (Wildman–Crippen MR) is 45.4 cm³/mol. The summed E-state index contributed by atoms with van der Waals surface area (Å²) in [6.45, 7) is 1.36. The molecule has 0 aliphatic heterocycles. The highest BCUT2D eigenvalue weighted by Crippen LogP contribution is 2.21. The second-order valence-corrected chi connectivity index (χ2v) is 2.88. The zero-order valence-corrected chi connectivity index (χ0v) is 7.76. The second-order valence-electron chi connectivity index (χ2n) is 2.88. The minimum absolute atomic E-state index is 0.00907. The third kappa shape index (κ3) is 2.61. The molecule has 1 aromatic carbocycles. The van der Waals surface area contributed by atoms with E-state index in [4.69, 9.17) is 5.73 Å². The lowest BCUT2D eigenvalue weighted by Crippen LogP contribution is -2.16. The first-order valence-electron chi connectivity index (χ1n) is 4.02. The van der Waals surface area contributed by atoms with Crippen molar-refractivity contribution >= 4 is 6.09 Å². The van der Waals surface area contributed by atoms with Crippen molar-refractivity contribution in [1.82, 2.24) is 0 Å². The molecule has 1 aromatic rings. The fourth-order valence-electron chi connectivity index (χ4n) is 1.05. The molecule has 0 fully saturated rings. The normalized spacial score (nSPS) is 12.3. The summed E-state index contributed by atoms with van der Waals surface area (Å²) in [7, 11) is 0. The molecular weight excluding hydrogens is 211 g/mol. The average molecular weight is 219 g/mol. The summed E-state index contributed by atoms with van der Waals surface area (Å²) in [5, 5.41) is 0. The highest BCUT2D eigenvalue weighted by Gasteiger charge is 2.16. The number of halogens is 3. The van der Waals surface area contributed by atoms with E-state index in [9.17, 15) is 18.0 Å². The molecule has 1 amide bonds. The second kappa shape index (κ2) is 4.20. The molecule has 15 heavy (non-hydrogen) atoms. The molecule has 3 nitrogen and oxygen atoms in total. The predicted octanol–water partition coefficient (Wildman–Crippen LogP) is 2.26. The number of hydrogen-bond acceptors (Lipinski definition) is 2. The first kappa shape index (κ1) is 11.4. The van der Waals surface area contributed by atoms with Crippen molar-refractivity contribution in [2.24, 2.45) is 5.73 Å². The molecule has 0 saturated carbocycles. The first-order chi connectivity index (χ1) is 6.91. The van der Waals surface area contributed by atoms with Gasteiger partial charge in [0.1, 0.15) is 6.10 Å². The van der Waals surface area contributed by atoms with Crippen LogP contribution in [-0.4, -0.2) is 6.09 Å². The molecule has 0 saturated heterocycles. The molecule has 0 bridgehead atoms. The van der Waals surface area contributed by atoms with E-state index < -0.39 is 29.6 Å². The quantitative estimate of drug-likeness (QED) is 0.775.